The summed E-state index contributed by atoms with van der Waals surface area (Å²) in [6, 6.07) is 5.42. The zero-order valence-corrected chi connectivity index (χ0v) is 11.6. The third-order valence-corrected chi connectivity index (χ3v) is 3.62. The molecule has 5 nitrogen and oxygen atoms in total. The number of anilines is 2. The Morgan fingerprint density at radius 3 is 2.95 bits per heavy atom. The number of halogens is 1. The lowest BCUT2D eigenvalue weighted by atomic mass is 10.2. The molecule has 0 atom stereocenters. The Hall–Kier alpha value is -1.92. The van der Waals surface area contributed by atoms with Gasteiger partial charge in [-0.15, -0.1) is 11.3 Å². The lowest BCUT2D eigenvalue weighted by molar-refractivity contribution is 1.09. The van der Waals surface area contributed by atoms with Crippen LogP contribution in [0.5, 0.6) is 0 Å². The van der Waals surface area contributed by atoms with Crippen molar-refractivity contribution in [2.75, 3.05) is 5.32 Å². The number of pyridine rings is 1. The number of aromatic amines is 1. The predicted molar refractivity (Wildman–Crippen MR) is 77.0 cm³/mol. The predicted octanol–water partition coefficient (Wildman–Crippen LogP) is 3.63. The van der Waals surface area contributed by atoms with Crippen molar-refractivity contribution in [1.29, 1.82) is 0 Å². The number of nitrogens with one attached hydrogen (secondary N) is 2. The van der Waals surface area contributed by atoms with Gasteiger partial charge in [-0.2, -0.15) is 5.10 Å². The first kappa shape index (κ1) is 12.1. The first-order chi connectivity index (χ1) is 9.22. The van der Waals surface area contributed by atoms with Gasteiger partial charge >= 0.3 is 0 Å². The number of aromatic nitrogens is 4. The number of rotatable bonds is 3. The van der Waals surface area contributed by atoms with E-state index < -0.39 is 0 Å². The maximum atomic E-state index is 5.85. The zero-order valence-electron chi connectivity index (χ0n) is 10.0. The van der Waals surface area contributed by atoms with E-state index in [0.717, 1.165) is 21.3 Å². The molecule has 3 aromatic rings. The Morgan fingerprint density at radius 2 is 2.21 bits per heavy atom. The van der Waals surface area contributed by atoms with E-state index >= 15 is 0 Å². The van der Waals surface area contributed by atoms with Gasteiger partial charge in [0.25, 0.3) is 0 Å². The molecule has 2 N–H and O–H groups in total. The molecule has 3 aromatic heterocycles. The molecule has 0 aromatic carbocycles. The lowest BCUT2D eigenvalue weighted by Gasteiger charge is -2.00. The standard InChI is InChI=1S/C12H10ClN5S/c1-7-11(8-5-14-15-6-8)18-12(19-7)17-10-4-2-3-9(13)16-10/h2-6H,1H3,(H,14,15)(H,16,17,18). The van der Waals surface area contributed by atoms with Gasteiger partial charge in [0.05, 0.1) is 11.9 Å². The highest BCUT2D eigenvalue weighted by Gasteiger charge is 2.11. The van der Waals surface area contributed by atoms with Crippen LogP contribution in [0, 0.1) is 6.92 Å². The second-order valence-corrected chi connectivity index (χ2v) is 5.47. The molecule has 0 saturated carbocycles. The molecule has 0 aliphatic carbocycles. The van der Waals surface area contributed by atoms with Crippen LogP contribution in [0.4, 0.5) is 10.9 Å². The molecule has 0 fully saturated rings. The highest BCUT2D eigenvalue weighted by Crippen LogP contribution is 2.31. The molecule has 0 radical (unpaired) electrons. The maximum Gasteiger partial charge on any atom is 0.189 e. The van der Waals surface area contributed by atoms with E-state index in [4.69, 9.17) is 11.6 Å². The minimum absolute atomic E-state index is 0.452. The highest BCUT2D eigenvalue weighted by molar-refractivity contribution is 7.16. The molecule has 0 aliphatic rings. The van der Waals surface area contributed by atoms with E-state index in [1.807, 2.05) is 25.3 Å². The fourth-order valence-electron chi connectivity index (χ4n) is 1.69. The largest absolute Gasteiger partial charge is 0.316 e. The number of hydrogen-bond acceptors (Lipinski definition) is 5. The van der Waals surface area contributed by atoms with Crippen LogP contribution in [0.3, 0.4) is 0 Å². The Morgan fingerprint density at radius 1 is 1.32 bits per heavy atom. The smallest absolute Gasteiger partial charge is 0.189 e. The van der Waals surface area contributed by atoms with E-state index in [-0.39, 0.29) is 0 Å². The van der Waals surface area contributed by atoms with Crippen LogP contribution >= 0.6 is 22.9 Å². The van der Waals surface area contributed by atoms with Crippen LogP contribution < -0.4 is 5.32 Å². The first-order valence-electron chi connectivity index (χ1n) is 5.58. The third-order valence-electron chi connectivity index (χ3n) is 2.52. The van der Waals surface area contributed by atoms with Gasteiger partial charge < -0.3 is 5.32 Å². The number of aryl methyl sites for hydroxylation is 1. The quantitative estimate of drug-likeness (QED) is 0.723. The van der Waals surface area contributed by atoms with Crippen LogP contribution in [-0.2, 0) is 0 Å². The average Bonchev–Trinajstić information content (AvgIpc) is 2.98. The summed E-state index contributed by atoms with van der Waals surface area (Å²) < 4.78 is 0. The molecule has 0 aliphatic heterocycles. The summed E-state index contributed by atoms with van der Waals surface area (Å²) in [5.74, 6) is 0.681. The molecule has 0 unspecified atom stereocenters. The van der Waals surface area contributed by atoms with Gasteiger partial charge in [0.2, 0.25) is 0 Å². The Bertz CT molecular complexity index is 692. The minimum atomic E-state index is 0.452. The second-order valence-electron chi connectivity index (χ2n) is 3.88. The monoisotopic (exact) mass is 291 g/mol. The van der Waals surface area contributed by atoms with Gasteiger partial charge in [-0.25, -0.2) is 9.97 Å². The van der Waals surface area contributed by atoms with Crippen molar-refractivity contribution >= 4 is 33.9 Å². The summed E-state index contributed by atoms with van der Waals surface area (Å²) in [6.45, 7) is 2.02. The van der Waals surface area contributed by atoms with Crippen LogP contribution in [-0.4, -0.2) is 20.2 Å². The molecule has 0 bridgehead atoms. The van der Waals surface area contributed by atoms with Gasteiger partial charge in [-0.3, -0.25) is 5.10 Å². The SMILES string of the molecule is Cc1sc(Nc2cccc(Cl)n2)nc1-c1cn[nH]c1. The van der Waals surface area contributed by atoms with E-state index in [1.54, 1.807) is 23.6 Å². The van der Waals surface area contributed by atoms with Gasteiger partial charge in [-0.05, 0) is 19.1 Å². The Labute approximate surface area is 118 Å². The Balaban J connectivity index is 1.89. The molecule has 0 amide bonds. The van der Waals surface area contributed by atoms with Gasteiger partial charge in [-0.1, -0.05) is 17.7 Å². The summed E-state index contributed by atoms with van der Waals surface area (Å²) in [4.78, 5) is 9.83. The minimum Gasteiger partial charge on any atom is -0.316 e. The molecule has 0 saturated heterocycles. The fraction of sp³-hybridized carbons (Fsp3) is 0.0833. The van der Waals surface area contributed by atoms with Gasteiger partial charge in [0, 0.05) is 16.6 Å². The molecule has 19 heavy (non-hydrogen) atoms. The van der Waals surface area contributed by atoms with Crippen molar-refractivity contribution < 1.29 is 0 Å². The second kappa shape index (κ2) is 4.99. The van der Waals surface area contributed by atoms with Crippen molar-refractivity contribution in [3.05, 3.63) is 40.6 Å². The van der Waals surface area contributed by atoms with Crippen LogP contribution in [0.1, 0.15) is 4.88 Å². The first-order valence-corrected chi connectivity index (χ1v) is 6.78. The van der Waals surface area contributed by atoms with Crippen LogP contribution in [0.2, 0.25) is 5.15 Å². The topological polar surface area (TPSA) is 66.5 Å². The molecular weight excluding hydrogens is 282 g/mol. The molecule has 3 rings (SSSR count). The van der Waals surface area contributed by atoms with Gasteiger partial charge in [0.1, 0.15) is 11.0 Å². The molecule has 3 heterocycles. The summed E-state index contributed by atoms with van der Waals surface area (Å²) in [7, 11) is 0. The number of H-pyrrole nitrogens is 1. The summed E-state index contributed by atoms with van der Waals surface area (Å²) in [6.07, 6.45) is 3.58. The molecule has 96 valence electrons. The van der Waals surface area contributed by atoms with Crippen molar-refractivity contribution in [3.63, 3.8) is 0 Å². The number of thiazole rings is 1. The van der Waals surface area contributed by atoms with E-state index in [9.17, 15) is 0 Å². The van der Waals surface area contributed by atoms with Crippen molar-refractivity contribution in [1.82, 2.24) is 20.2 Å². The van der Waals surface area contributed by atoms with E-state index in [1.165, 1.54) is 0 Å². The average molecular weight is 292 g/mol. The number of hydrogen-bond donors (Lipinski definition) is 2. The van der Waals surface area contributed by atoms with Crippen LogP contribution in [0.15, 0.2) is 30.6 Å². The van der Waals surface area contributed by atoms with Crippen LogP contribution in [0.25, 0.3) is 11.3 Å². The molecule has 7 heteroatoms. The summed E-state index contributed by atoms with van der Waals surface area (Å²) in [5.41, 5.74) is 1.89. The third kappa shape index (κ3) is 2.59. The molecular formula is C12H10ClN5S. The summed E-state index contributed by atoms with van der Waals surface area (Å²) in [5, 5.41) is 11.1. The van der Waals surface area contributed by atoms with Crippen molar-refractivity contribution in [2.45, 2.75) is 6.92 Å². The zero-order chi connectivity index (χ0) is 13.2. The van der Waals surface area contributed by atoms with E-state index in [0.29, 0.717) is 11.0 Å². The fourth-order valence-corrected chi connectivity index (χ4v) is 2.69. The van der Waals surface area contributed by atoms with Gasteiger partial charge in [0.15, 0.2) is 5.13 Å². The normalized spacial score (nSPS) is 10.6. The lowest BCUT2D eigenvalue weighted by Crippen LogP contribution is -1.92. The van der Waals surface area contributed by atoms with Crippen molar-refractivity contribution in [3.8, 4) is 11.3 Å². The van der Waals surface area contributed by atoms with E-state index in [2.05, 4.69) is 25.5 Å². The highest BCUT2D eigenvalue weighted by atomic mass is 35.5. The number of nitrogens with zero attached hydrogens (tertiary/aromatic N) is 3. The maximum absolute atomic E-state index is 5.85. The molecule has 0 spiro atoms. The Kier molecular flexibility index (Phi) is 3.18. The van der Waals surface area contributed by atoms with Crippen molar-refractivity contribution in [2.24, 2.45) is 0 Å². The summed E-state index contributed by atoms with van der Waals surface area (Å²) >= 11 is 7.41.